The Morgan fingerprint density at radius 1 is 0.967 bits per heavy atom. The molecule has 0 unspecified atom stereocenters. The van der Waals surface area contributed by atoms with Gasteiger partial charge in [0.25, 0.3) is 0 Å². The first-order chi connectivity index (χ1) is 14.3. The summed E-state index contributed by atoms with van der Waals surface area (Å²) in [5, 5.41) is 0. The van der Waals surface area contributed by atoms with E-state index in [2.05, 4.69) is 4.98 Å². The van der Waals surface area contributed by atoms with E-state index in [9.17, 15) is 12.8 Å². The zero-order chi connectivity index (χ0) is 21.3. The minimum absolute atomic E-state index is 0.210. The van der Waals surface area contributed by atoms with Crippen LogP contribution in [0.5, 0.6) is 0 Å². The predicted molar refractivity (Wildman–Crippen MR) is 114 cm³/mol. The zero-order valence-electron chi connectivity index (χ0n) is 16.6. The molecule has 0 aliphatic carbocycles. The lowest BCUT2D eigenvalue weighted by atomic mass is 10.0. The van der Waals surface area contributed by atoms with Crippen LogP contribution < -0.4 is 0 Å². The molecule has 4 aromatic rings. The number of benzene rings is 3. The molecule has 0 amide bonds. The van der Waals surface area contributed by atoms with Crippen molar-refractivity contribution in [1.82, 2.24) is 4.98 Å². The molecule has 0 N–H and O–H groups in total. The van der Waals surface area contributed by atoms with Crippen molar-refractivity contribution >= 4 is 9.84 Å². The third-order valence-corrected chi connectivity index (χ3v) is 5.92. The topological polar surface area (TPSA) is 60.2 Å². The van der Waals surface area contributed by atoms with Gasteiger partial charge in [0, 0.05) is 18.2 Å². The van der Waals surface area contributed by atoms with Gasteiger partial charge in [-0.05, 0) is 42.3 Å². The van der Waals surface area contributed by atoms with E-state index in [0.717, 1.165) is 17.4 Å². The van der Waals surface area contributed by atoms with Gasteiger partial charge in [-0.15, -0.1) is 0 Å². The van der Waals surface area contributed by atoms with E-state index >= 15 is 0 Å². The fourth-order valence-corrected chi connectivity index (χ4v) is 3.88. The van der Waals surface area contributed by atoms with Crippen LogP contribution in [-0.4, -0.2) is 19.7 Å². The summed E-state index contributed by atoms with van der Waals surface area (Å²) in [6, 6.07) is 21.0. The molecule has 30 heavy (non-hydrogen) atoms. The second kappa shape index (κ2) is 7.88. The highest BCUT2D eigenvalue weighted by atomic mass is 32.2. The van der Waals surface area contributed by atoms with Crippen LogP contribution in [0.4, 0.5) is 4.39 Å². The van der Waals surface area contributed by atoms with Gasteiger partial charge in [-0.25, -0.2) is 17.8 Å². The molecule has 0 spiro atoms. The summed E-state index contributed by atoms with van der Waals surface area (Å²) in [5.41, 5.74) is 3.27. The lowest BCUT2D eigenvalue weighted by Gasteiger charge is -2.05. The van der Waals surface area contributed by atoms with Gasteiger partial charge >= 0.3 is 0 Å². The highest BCUT2D eigenvalue weighted by Gasteiger charge is 2.20. The maximum absolute atomic E-state index is 14.7. The van der Waals surface area contributed by atoms with Gasteiger partial charge in [0.05, 0.1) is 10.5 Å². The summed E-state index contributed by atoms with van der Waals surface area (Å²) < 4.78 is 44.3. The molecular weight excluding hydrogens is 401 g/mol. The van der Waals surface area contributed by atoms with E-state index in [1.165, 1.54) is 18.2 Å². The van der Waals surface area contributed by atoms with Gasteiger partial charge in [0.2, 0.25) is 0 Å². The molecule has 0 fully saturated rings. The summed E-state index contributed by atoms with van der Waals surface area (Å²) in [6.07, 6.45) is 1.62. The fraction of sp³-hybridized carbons (Fsp3) is 0.125. The Morgan fingerprint density at radius 2 is 1.67 bits per heavy atom. The smallest absolute Gasteiger partial charge is 0.199 e. The van der Waals surface area contributed by atoms with E-state index in [0.29, 0.717) is 34.9 Å². The molecule has 4 nitrogen and oxygen atoms in total. The van der Waals surface area contributed by atoms with Crippen LogP contribution in [0.2, 0.25) is 0 Å². The first kappa shape index (κ1) is 20.0. The number of sulfone groups is 1. The standard InChI is InChI=1S/C24H20FNO3S/c1-16-8-13-20(21(25)14-16)24-23(18-9-11-19(12-10-18)30(2,27)28)26-22(29-24)15-17-6-4-3-5-7-17/h3-14H,15H2,1-2H3. The molecule has 0 saturated carbocycles. The number of halogens is 1. The molecule has 1 heterocycles. The lowest BCUT2D eigenvalue weighted by molar-refractivity contribution is 0.514. The maximum atomic E-state index is 14.7. The van der Waals surface area contributed by atoms with Crippen LogP contribution in [-0.2, 0) is 16.3 Å². The van der Waals surface area contributed by atoms with Crippen LogP contribution in [0, 0.1) is 12.7 Å². The van der Waals surface area contributed by atoms with Crippen molar-refractivity contribution < 1.29 is 17.2 Å². The largest absolute Gasteiger partial charge is 0.440 e. The number of nitrogens with zero attached hydrogens (tertiary/aromatic N) is 1. The Balaban J connectivity index is 1.83. The number of aromatic nitrogens is 1. The molecule has 0 saturated heterocycles. The van der Waals surface area contributed by atoms with Gasteiger partial charge in [0.1, 0.15) is 11.5 Å². The number of oxazole rings is 1. The normalized spacial score (nSPS) is 11.6. The van der Waals surface area contributed by atoms with Gasteiger partial charge in [0.15, 0.2) is 21.5 Å². The SMILES string of the molecule is Cc1ccc(-c2oc(Cc3ccccc3)nc2-c2ccc(S(C)(=O)=O)cc2)c(F)c1. The zero-order valence-corrected chi connectivity index (χ0v) is 17.4. The van der Waals surface area contributed by atoms with E-state index in [4.69, 9.17) is 4.42 Å². The third-order valence-electron chi connectivity index (χ3n) is 4.79. The van der Waals surface area contributed by atoms with Crippen molar-refractivity contribution in [3.63, 3.8) is 0 Å². The molecule has 152 valence electrons. The average Bonchev–Trinajstić information content (AvgIpc) is 3.11. The quantitative estimate of drug-likeness (QED) is 0.430. The first-order valence-corrected chi connectivity index (χ1v) is 11.3. The highest BCUT2D eigenvalue weighted by Crippen LogP contribution is 2.35. The van der Waals surface area contributed by atoms with Crippen molar-refractivity contribution in [2.24, 2.45) is 0 Å². The van der Waals surface area contributed by atoms with Crippen molar-refractivity contribution in [2.75, 3.05) is 6.26 Å². The molecule has 3 aromatic carbocycles. The minimum atomic E-state index is -3.31. The summed E-state index contributed by atoms with van der Waals surface area (Å²) in [5.74, 6) is 0.385. The monoisotopic (exact) mass is 421 g/mol. The Hall–Kier alpha value is -3.25. The summed E-state index contributed by atoms with van der Waals surface area (Å²) in [7, 11) is -3.31. The van der Waals surface area contributed by atoms with E-state index in [1.807, 2.05) is 43.3 Å². The van der Waals surface area contributed by atoms with Crippen LogP contribution >= 0.6 is 0 Å². The summed E-state index contributed by atoms with van der Waals surface area (Å²) in [6.45, 7) is 1.82. The molecule has 0 bridgehead atoms. The minimum Gasteiger partial charge on any atom is -0.440 e. The molecule has 1 aromatic heterocycles. The van der Waals surface area contributed by atoms with Crippen LogP contribution in [0.15, 0.2) is 82.1 Å². The molecular formula is C24H20FNO3S. The van der Waals surface area contributed by atoms with Crippen molar-refractivity contribution in [1.29, 1.82) is 0 Å². The van der Waals surface area contributed by atoms with Gasteiger partial charge in [-0.3, -0.25) is 0 Å². The van der Waals surface area contributed by atoms with Gasteiger partial charge < -0.3 is 4.42 Å². The Bertz CT molecular complexity index is 1290. The Labute approximate surface area is 175 Å². The lowest BCUT2D eigenvalue weighted by Crippen LogP contribution is -1.96. The Kier molecular flexibility index (Phi) is 5.26. The number of aryl methyl sites for hydroxylation is 1. The average molecular weight is 421 g/mol. The molecule has 0 radical (unpaired) electrons. The molecule has 0 aliphatic heterocycles. The fourth-order valence-electron chi connectivity index (χ4n) is 3.25. The number of hydrogen-bond donors (Lipinski definition) is 0. The van der Waals surface area contributed by atoms with Crippen molar-refractivity contribution in [2.45, 2.75) is 18.2 Å². The van der Waals surface area contributed by atoms with Gasteiger partial charge in [-0.2, -0.15) is 0 Å². The number of hydrogen-bond acceptors (Lipinski definition) is 4. The van der Waals surface area contributed by atoms with Crippen LogP contribution in [0.1, 0.15) is 17.0 Å². The molecule has 4 rings (SSSR count). The molecule has 6 heteroatoms. The maximum Gasteiger partial charge on any atom is 0.199 e. The highest BCUT2D eigenvalue weighted by molar-refractivity contribution is 7.90. The second-order valence-electron chi connectivity index (χ2n) is 7.23. The predicted octanol–water partition coefficient (Wildman–Crippen LogP) is 5.45. The van der Waals surface area contributed by atoms with Crippen molar-refractivity contribution in [3.8, 4) is 22.6 Å². The van der Waals surface area contributed by atoms with E-state index < -0.39 is 15.7 Å². The van der Waals surface area contributed by atoms with E-state index in [1.54, 1.807) is 18.2 Å². The third kappa shape index (κ3) is 4.19. The van der Waals surface area contributed by atoms with E-state index in [-0.39, 0.29) is 4.90 Å². The second-order valence-corrected chi connectivity index (χ2v) is 9.24. The number of rotatable bonds is 5. The molecule has 0 atom stereocenters. The Morgan fingerprint density at radius 3 is 2.30 bits per heavy atom. The molecule has 0 aliphatic rings. The van der Waals surface area contributed by atoms with Crippen LogP contribution in [0.25, 0.3) is 22.6 Å². The van der Waals surface area contributed by atoms with Crippen LogP contribution in [0.3, 0.4) is 0 Å². The first-order valence-electron chi connectivity index (χ1n) is 9.42. The summed E-state index contributed by atoms with van der Waals surface area (Å²) >= 11 is 0. The van der Waals surface area contributed by atoms with Gasteiger partial charge in [-0.1, -0.05) is 48.5 Å². The summed E-state index contributed by atoms with van der Waals surface area (Å²) in [4.78, 5) is 4.84. The van der Waals surface area contributed by atoms with Crippen molar-refractivity contribution in [3.05, 3.63) is 95.6 Å².